The van der Waals surface area contributed by atoms with E-state index in [0.717, 1.165) is 22.2 Å². The molecule has 2 aromatic carbocycles. The lowest BCUT2D eigenvalue weighted by Gasteiger charge is -2.57. The van der Waals surface area contributed by atoms with E-state index in [4.69, 9.17) is 9.40 Å². The van der Waals surface area contributed by atoms with Crippen molar-refractivity contribution in [3.63, 3.8) is 0 Å². The molecule has 0 saturated heterocycles. The van der Waals surface area contributed by atoms with Crippen LogP contribution in [0.4, 0.5) is 17.2 Å². The van der Waals surface area contributed by atoms with Crippen LogP contribution >= 0.6 is 0 Å². The number of furan rings is 1. The van der Waals surface area contributed by atoms with Gasteiger partial charge in [0.15, 0.2) is 5.82 Å². The van der Waals surface area contributed by atoms with Crippen molar-refractivity contribution in [1.29, 1.82) is 0 Å². The van der Waals surface area contributed by atoms with Gasteiger partial charge in [-0.25, -0.2) is 0 Å². The molecule has 4 aromatic rings. The Morgan fingerprint density at radius 2 is 1.72 bits per heavy atom. The van der Waals surface area contributed by atoms with E-state index in [2.05, 4.69) is 99.5 Å². The second-order valence-electron chi connectivity index (χ2n) is 10.2. The minimum absolute atomic E-state index is 0.112. The Morgan fingerprint density at radius 1 is 1.00 bits per heavy atom. The number of allylic oxidation sites excluding steroid dienone is 1. The van der Waals surface area contributed by atoms with E-state index >= 15 is 0 Å². The van der Waals surface area contributed by atoms with Gasteiger partial charge in [0.25, 0.3) is 0 Å². The van der Waals surface area contributed by atoms with Gasteiger partial charge in [0.05, 0.1) is 11.1 Å². The molecular formula is C28H29N3O. The van der Waals surface area contributed by atoms with Gasteiger partial charge in [0.2, 0.25) is 5.71 Å². The smallest absolute Gasteiger partial charge is 0.229 e. The van der Waals surface area contributed by atoms with Crippen LogP contribution in [-0.4, -0.2) is 17.2 Å². The highest BCUT2D eigenvalue weighted by atomic mass is 16.3. The van der Waals surface area contributed by atoms with Crippen LogP contribution in [-0.2, 0) is 5.41 Å². The van der Waals surface area contributed by atoms with Crippen LogP contribution < -0.4 is 9.80 Å². The Kier molecular flexibility index (Phi) is 3.74. The van der Waals surface area contributed by atoms with Gasteiger partial charge in [0.1, 0.15) is 11.7 Å². The van der Waals surface area contributed by atoms with Crippen molar-refractivity contribution in [2.75, 3.05) is 9.80 Å². The van der Waals surface area contributed by atoms with Gasteiger partial charge in [-0.2, -0.15) is 4.98 Å². The molecule has 0 bridgehead atoms. The number of anilines is 3. The standard InChI is InChI=1S/C28H29N3O/c1-7-28(6)20-13-9-10-14-21(20)31-24-22(30(17(2)3)26(31)27(28,4)5)16-19-18-12-8-11-15-23(18)32-25(19)29-24/h7-17,26H,1H2,2-6H3. The van der Waals surface area contributed by atoms with E-state index in [-0.39, 0.29) is 17.0 Å². The first-order valence-corrected chi connectivity index (χ1v) is 11.4. The van der Waals surface area contributed by atoms with Crippen LogP contribution in [0.2, 0.25) is 0 Å². The number of aromatic nitrogens is 1. The maximum atomic E-state index is 6.18. The zero-order valence-corrected chi connectivity index (χ0v) is 19.4. The molecule has 0 amide bonds. The fraction of sp³-hybridized carbons (Fsp3) is 0.321. The van der Waals surface area contributed by atoms with E-state index in [9.17, 15) is 0 Å². The Morgan fingerprint density at radius 3 is 2.47 bits per heavy atom. The fourth-order valence-corrected chi connectivity index (χ4v) is 5.96. The average molecular weight is 424 g/mol. The highest BCUT2D eigenvalue weighted by Gasteiger charge is 2.59. The number of para-hydroxylation sites is 2. The van der Waals surface area contributed by atoms with E-state index in [1.54, 1.807) is 0 Å². The molecular weight excluding hydrogens is 394 g/mol. The Hall–Kier alpha value is -3.27. The molecule has 162 valence electrons. The lowest BCUT2D eigenvalue weighted by Crippen LogP contribution is -2.62. The summed E-state index contributed by atoms with van der Waals surface area (Å²) in [6.45, 7) is 15.9. The molecule has 2 aromatic heterocycles. The van der Waals surface area contributed by atoms with Crippen molar-refractivity contribution in [3.8, 4) is 0 Å². The summed E-state index contributed by atoms with van der Waals surface area (Å²) < 4.78 is 6.18. The number of fused-ring (bicyclic) bond motifs is 8. The summed E-state index contributed by atoms with van der Waals surface area (Å²) >= 11 is 0. The van der Waals surface area contributed by atoms with Crippen molar-refractivity contribution >= 4 is 39.3 Å². The topological polar surface area (TPSA) is 32.5 Å². The molecule has 4 heteroatoms. The van der Waals surface area contributed by atoms with Crippen LogP contribution in [0.1, 0.15) is 40.2 Å². The first kappa shape index (κ1) is 19.4. The summed E-state index contributed by atoms with van der Waals surface area (Å²) in [6, 6.07) is 19.5. The van der Waals surface area contributed by atoms with Crippen LogP contribution in [0.3, 0.4) is 0 Å². The summed E-state index contributed by atoms with van der Waals surface area (Å²) in [6.07, 6.45) is 2.25. The second-order valence-corrected chi connectivity index (χ2v) is 10.2. The molecule has 2 aliphatic heterocycles. The molecule has 4 heterocycles. The largest absolute Gasteiger partial charge is 0.438 e. The molecule has 0 N–H and O–H groups in total. The predicted octanol–water partition coefficient (Wildman–Crippen LogP) is 7.16. The molecule has 2 unspecified atom stereocenters. The van der Waals surface area contributed by atoms with Gasteiger partial charge < -0.3 is 14.2 Å². The molecule has 2 atom stereocenters. The van der Waals surface area contributed by atoms with Gasteiger partial charge in [-0.15, -0.1) is 6.58 Å². The highest BCUT2D eigenvalue weighted by Crippen LogP contribution is 2.61. The van der Waals surface area contributed by atoms with Crippen molar-refractivity contribution in [3.05, 3.63) is 72.8 Å². The van der Waals surface area contributed by atoms with Crippen LogP contribution in [0.25, 0.3) is 22.1 Å². The number of hydrogen-bond donors (Lipinski definition) is 0. The summed E-state index contributed by atoms with van der Waals surface area (Å²) in [5.74, 6) is 0.974. The maximum absolute atomic E-state index is 6.18. The second kappa shape index (κ2) is 6.16. The third-order valence-electron chi connectivity index (χ3n) is 8.02. The summed E-state index contributed by atoms with van der Waals surface area (Å²) in [5, 5.41) is 2.18. The first-order valence-electron chi connectivity index (χ1n) is 11.4. The number of nitrogens with zero attached hydrogens (tertiary/aromatic N) is 3. The zero-order chi connectivity index (χ0) is 22.4. The summed E-state index contributed by atoms with van der Waals surface area (Å²) in [5.41, 5.74) is 4.92. The number of hydrogen-bond acceptors (Lipinski definition) is 4. The lowest BCUT2D eigenvalue weighted by molar-refractivity contribution is 0.160. The van der Waals surface area contributed by atoms with Crippen molar-refractivity contribution in [2.45, 2.75) is 52.2 Å². The van der Waals surface area contributed by atoms with Crippen LogP contribution in [0.5, 0.6) is 0 Å². The van der Waals surface area contributed by atoms with Gasteiger partial charge in [-0.1, -0.05) is 63.2 Å². The minimum atomic E-state index is -0.189. The third kappa shape index (κ3) is 2.15. The molecule has 2 aliphatic rings. The monoisotopic (exact) mass is 423 g/mol. The van der Waals surface area contributed by atoms with Gasteiger partial charge in [-0.3, -0.25) is 0 Å². The molecule has 0 fully saturated rings. The Bertz CT molecular complexity index is 1400. The minimum Gasteiger partial charge on any atom is -0.438 e. The Balaban J connectivity index is 1.71. The third-order valence-corrected chi connectivity index (χ3v) is 8.02. The van der Waals surface area contributed by atoms with E-state index in [1.807, 2.05) is 12.1 Å². The maximum Gasteiger partial charge on any atom is 0.229 e. The van der Waals surface area contributed by atoms with Crippen LogP contribution in [0, 0.1) is 5.41 Å². The fourth-order valence-electron chi connectivity index (χ4n) is 5.96. The van der Waals surface area contributed by atoms with E-state index in [1.165, 1.54) is 16.9 Å². The number of rotatable bonds is 2. The van der Waals surface area contributed by atoms with E-state index < -0.39 is 0 Å². The first-order chi connectivity index (χ1) is 15.3. The van der Waals surface area contributed by atoms with Crippen LogP contribution in [0.15, 0.2) is 71.7 Å². The van der Waals surface area contributed by atoms with E-state index in [0.29, 0.717) is 11.8 Å². The number of pyridine rings is 1. The molecule has 4 nitrogen and oxygen atoms in total. The summed E-state index contributed by atoms with van der Waals surface area (Å²) in [4.78, 5) is 10.1. The molecule has 6 rings (SSSR count). The quantitative estimate of drug-likeness (QED) is 0.320. The molecule has 0 spiro atoms. The van der Waals surface area contributed by atoms with Crippen molar-refractivity contribution < 1.29 is 4.42 Å². The molecule has 0 saturated carbocycles. The highest BCUT2D eigenvalue weighted by molar-refractivity contribution is 6.06. The predicted molar refractivity (Wildman–Crippen MR) is 133 cm³/mol. The Labute approximate surface area is 189 Å². The average Bonchev–Trinajstić information content (AvgIpc) is 3.32. The molecule has 32 heavy (non-hydrogen) atoms. The van der Waals surface area contributed by atoms with Crippen molar-refractivity contribution in [2.24, 2.45) is 5.41 Å². The van der Waals surface area contributed by atoms with Gasteiger partial charge >= 0.3 is 0 Å². The molecule has 0 aliphatic carbocycles. The normalized spacial score (nSPS) is 23.5. The van der Waals surface area contributed by atoms with Crippen molar-refractivity contribution in [1.82, 2.24) is 4.98 Å². The molecule has 0 radical (unpaired) electrons. The summed E-state index contributed by atoms with van der Waals surface area (Å²) in [7, 11) is 0. The number of benzene rings is 2. The van der Waals surface area contributed by atoms with Gasteiger partial charge in [-0.05, 0) is 37.6 Å². The van der Waals surface area contributed by atoms with Gasteiger partial charge in [0, 0.05) is 27.9 Å². The lowest BCUT2D eigenvalue weighted by atomic mass is 9.58. The zero-order valence-electron chi connectivity index (χ0n) is 19.4. The SMILES string of the molecule is C=CC1(C)c2ccccc2N2c3nc4oc5ccccc5c4cc3N(C(C)C)C2C1(C)C.